The van der Waals surface area contributed by atoms with Crippen molar-refractivity contribution in [3.8, 4) is 6.07 Å². The molecule has 0 bridgehead atoms. The number of hydrogen-bond donors (Lipinski definition) is 0. The second-order valence-electron chi connectivity index (χ2n) is 5.40. The molecule has 0 aliphatic carbocycles. The van der Waals surface area contributed by atoms with Crippen LogP contribution in [-0.2, 0) is 9.53 Å². The molecule has 0 unspecified atom stereocenters. The van der Waals surface area contributed by atoms with Crippen LogP contribution in [-0.4, -0.2) is 60.1 Å². The highest BCUT2D eigenvalue weighted by Crippen LogP contribution is 2.15. The Kier molecular flexibility index (Phi) is 5.12. The molecule has 0 saturated carbocycles. The first-order valence-corrected chi connectivity index (χ1v) is 6.42. The van der Waals surface area contributed by atoms with Crippen molar-refractivity contribution in [3.05, 3.63) is 0 Å². The smallest absolute Gasteiger partial charge is 0.248 e. The molecule has 0 N–H and O–H groups in total. The van der Waals surface area contributed by atoms with Crippen molar-refractivity contribution in [1.29, 1.82) is 5.26 Å². The number of hydrogen-bond acceptors (Lipinski definition) is 4. The third-order valence-corrected chi connectivity index (χ3v) is 3.24. The van der Waals surface area contributed by atoms with Crippen LogP contribution in [0.4, 0.5) is 0 Å². The third kappa shape index (κ3) is 3.97. The van der Waals surface area contributed by atoms with Crippen molar-refractivity contribution in [3.63, 3.8) is 0 Å². The van der Waals surface area contributed by atoms with Gasteiger partial charge in [-0.1, -0.05) is 0 Å². The van der Waals surface area contributed by atoms with Crippen LogP contribution in [0.3, 0.4) is 0 Å². The van der Waals surface area contributed by atoms with Crippen molar-refractivity contribution < 1.29 is 9.53 Å². The summed E-state index contributed by atoms with van der Waals surface area (Å²) < 4.78 is 5.31. The fourth-order valence-electron chi connectivity index (χ4n) is 1.91. The van der Waals surface area contributed by atoms with E-state index in [4.69, 9.17) is 10.00 Å². The molecule has 0 aromatic heterocycles. The average Bonchev–Trinajstić information content (AvgIpc) is 2.36. The molecule has 18 heavy (non-hydrogen) atoms. The Morgan fingerprint density at radius 1 is 1.33 bits per heavy atom. The Balaban J connectivity index is 2.40. The highest BCUT2D eigenvalue weighted by molar-refractivity contribution is 5.77. The molecule has 1 heterocycles. The minimum Gasteiger partial charge on any atom is -0.369 e. The van der Waals surface area contributed by atoms with Gasteiger partial charge in [0.05, 0.1) is 12.2 Å². The first kappa shape index (κ1) is 14.9. The molecule has 0 radical (unpaired) electrons. The lowest BCUT2D eigenvalue weighted by Gasteiger charge is -2.40. The van der Waals surface area contributed by atoms with Crippen molar-refractivity contribution >= 4 is 5.91 Å². The number of nitriles is 1. The lowest BCUT2D eigenvalue weighted by molar-refractivity contribution is -0.139. The molecule has 102 valence electrons. The molecule has 0 atom stereocenters. The monoisotopic (exact) mass is 253 g/mol. The number of carbonyl (C=O) groups is 1. The summed E-state index contributed by atoms with van der Waals surface area (Å²) in [6.07, 6.45) is 0.0766. The SMILES string of the molecule is CC(C)OCC(=O)N1CCN(C(C)(C)C#N)CC1. The Hall–Kier alpha value is -1.12. The van der Waals surface area contributed by atoms with Crippen LogP contribution in [0, 0.1) is 11.3 Å². The number of carbonyl (C=O) groups excluding carboxylic acids is 1. The van der Waals surface area contributed by atoms with Crippen molar-refractivity contribution in [2.45, 2.75) is 39.3 Å². The fourth-order valence-corrected chi connectivity index (χ4v) is 1.91. The maximum absolute atomic E-state index is 11.8. The van der Waals surface area contributed by atoms with Crippen LogP contribution in [0.25, 0.3) is 0 Å². The minimum atomic E-state index is -0.455. The Labute approximate surface area is 109 Å². The summed E-state index contributed by atoms with van der Waals surface area (Å²) in [5, 5.41) is 9.07. The van der Waals surface area contributed by atoms with E-state index in [2.05, 4.69) is 11.0 Å². The van der Waals surface area contributed by atoms with Gasteiger partial charge in [0.1, 0.15) is 12.1 Å². The summed E-state index contributed by atoms with van der Waals surface area (Å²) in [5.74, 6) is 0.0399. The predicted octanol–water partition coefficient (Wildman–Crippen LogP) is 0.858. The molecule has 1 fully saturated rings. The van der Waals surface area contributed by atoms with E-state index in [0.29, 0.717) is 13.1 Å². The largest absolute Gasteiger partial charge is 0.369 e. The van der Waals surface area contributed by atoms with Gasteiger partial charge in [0.2, 0.25) is 5.91 Å². The van der Waals surface area contributed by atoms with E-state index < -0.39 is 5.54 Å². The fraction of sp³-hybridized carbons (Fsp3) is 0.846. The number of rotatable bonds is 4. The highest BCUT2D eigenvalue weighted by Gasteiger charge is 2.30. The van der Waals surface area contributed by atoms with Crippen LogP contribution >= 0.6 is 0 Å². The Morgan fingerprint density at radius 2 is 1.89 bits per heavy atom. The third-order valence-electron chi connectivity index (χ3n) is 3.24. The van der Waals surface area contributed by atoms with Gasteiger partial charge < -0.3 is 9.64 Å². The summed E-state index contributed by atoms with van der Waals surface area (Å²) in [7, 11) is 0. The number of nitrogens with zero attached hydrogens (tertiary/aromatic N) is 3. The van der Waals surface area contributed by atoms with Gasteiger partial charge in [0.15, 0.2) is 0 Å². The number of piperazine rings is 1. The van der Waals surface area contributed by atoms with Crippen LogP contribution in [0.1, 0.15) is 27.7 Å². The molecular formula is C13H23N3O2. The standard InChI is InChI=1S/C13H23N3O2/c1-11(2)18-9-12(17)15-5-7-16(8-6-15)13(3,4)10-14/h11H,5-9H2,1-4H3. The zero-order valence-corrected chi connectivity index (χ0v) is 11.8. The highest BCUT2D eigenvalue weighted by atomic mass is 16.5. The van der Waals surface area contributed by atoms with E-state index in [1.54, 1.807) is 0 Å². The van der Waals surface area contributed by atoms with Gasteiger partial charge in [-0.3, -0.25) is 9.69 Å². The maximum atomic E-state index is 11.8. The number of amides is 1. The van der Waals surface area contributed by atoms with Gasteiger partial charge in [0.25, 0.3) is 0 Å². The molecule has 5 heteroatoms. The van der Waals surface area contributed by atoms with E-state index in [0.717, 1.165) is 13.1 Å². The van der Waals surface area contributed by atoms with Crippen molar-refractivity contribution in [2.75, 3.05) is 32.8 Å². The predicted molar refractivity (Wildman–Crippen MR) is 68.9 cm³/mol. The second kappa shape index (κ2) is 6.17. The second-order valence-corrected chi connectivity index (χ2v) is 5.40. The molecule has 1 saturated heterocycles. The molecule has 0 aromatic rings. The van der Waals surface area contributed by atoms with E-state index in [1.807, 2.05) is 32.6 Å². The zero-order chi connectivity index (χ0) is 13.8. The zero-order valence-electron chi connectivity index (χ0n) is 11.8. The lowest BCUT2D eigenvalue weighted by Crippen LogP contribution is -2.55. The van der Waals surface area contributed by atoms with Crippen LogP contribution in [0.5, 0.6) is 0 Å². The van der Waals surface area contributed by atoms with Gasteiger partial charge in [0, 0.05) is 26.2 Å². The van der Waals surface area contributed by atoms with Crippen molar-refractivity contribution in [2.24, 2.45) is 0 Å². The van der Waals surface area contributed by atoms with Gasteiger partial charge in [-0.05, 0) is 27.7 Å². The molecule has 1 rings (SSSR count). The van der Waals surface area contributed by atoms with Crippen LogP contribution < -0.4 is 0 Å². The van der Waals surface area contributed by atoms with Gasteiger partial charge in [-0.25, -0.2) is 0 Å². The average molecular weight is 253 g/mol. The lowest BCUT2D eigenvalue weighted by atomic mass is 10.0. The van der Waals surface area contributed by atoms with E-state index >= 15 is 0 Å². The summed E-state index contributed by atoms with van der Waals surface area (Å²) >= 11 is 0. The summed E-state index contributed by atoms with van der Waals surface area (Å²) in [6, 6.07) is 2.29. The van der Waals surface area contributed by atoms with Crippen LogP contribution in [0.2, 0.25) is 0 Å². The van der Waals surface area contributed by atoms with Gasteiger partial charge >= 0.3 is 0 Å². The first-order chi connectivity index (χ1) is 8.36. The first-order valence-electron chi connectivity index (χ1n) is 6.42. The van der Waals surface area contributed by atoms with Crippen LogP contribution in [0.15, 0.2) is 0 Å². The van der Waals surface area contributed by atoms with Crippen molar-refractivity contribution in [1.82, 2.24) is 9.80 Å². The molecule has 1 aliphatic rings. The quantitative estimate of drug-likeness (QED) is 0.745. The molecule has 1 amide bonds. The number of ether oxygens (including phenoxy) is 1. The molecular weight excluding hydrogens is 230 g/mol. The molecule has 0 aromatic carbocycles. The summed E-state index contributed by atoms with van der Waals surface area (Å²) in [5.41, 5.74) is -0.455. The van der Waals surface area contributed by atoms with E-state index in [-0.39, 0.29) is 18.6 Å². The van der Waals surface area contributed by atoms with Gasteiger partial charge in [-0.2, -0.15) is 5.26 Å². The summed E-state index contributed by atoms with van der Waals surface area (Å²) in [6.45, 7) is 10.6. The topological polar surface area (TPSA) is 56.6 Å². The molecule has 0 spiro atoms. The maximum Gasteiger partial charge on any atom is 0.248 e. The molecule has 1 aliphatic heterocycles. The normalized spacial score (nSPS) is 17.9. The Bertz CT molecular complexity index is 326. The summed E-state index contributed by atoms with van der Waals surface area (Å²) in [4.78, 5) is 15.8. The minimum absolute atomic E-state index is 0.0399. The van der Waals surface area contributed by atoms with Gasteiger partial charge in [-0.15, -0.1) is 0 Å². The van der Waals surface area contributed by atoms with E-state index in [1.165, 1.54) is 0 Å². The van der Waals surface area contributed by atoms with E-state index in [9.17, 15) is 4.79 Å². The Morgan fingerprint density at radius 3 is 2.33 bits per heavy atom. The molecule has 5 nitrogen and oxygen atoms in total.